The average Bonchev–Trinajstić information content (AvgIpc) is 2.78. The third kappa shape index (κ3) is 2.18. The van der Waals surface area contributed by atoms with Crippen LogP contribution in [0.5, 0.6) is 0 Å². The second kappa shape index (κ2) is 4.55. The number of oxazole rings is 1. The third-order valence-electron chi connectivity index (χ3n) is 3.17. The first-order valence-corrected chi connectivity index (χ1v) is 5.64. The lowest BCUT2D eigenvalue weighted by Crippen LogP contribution is -2.33. The molecule has 0 atom stereocenters. The van der Waals surface area contributed by atoms with Crippen LogP contribution in [0.3, 0.4) is 0 Å². The summed E-state index contributed by atoms with van der Waals surface area (Å²) in [6.07, 6.45) is 4.66. The van der Waals surface area contributed by atoms with Crippen LogP contribution in [0.25, 0.3) is 0 Å². The van der Waals surface area contributed by atoms with Crippen LogP contribution in [0.1, 0.15) is 36.7 Å². The molecule has 16 heavy (non-hydrogen) atoms. The molecule has 88 valence electrons. The maximum Gasteiger partial charge on any atom is 0.357 e. The van der Waals surface area contributed by atoms with Gasteiger partial charge in [0.1, 0.15) is 6.26 Å². The van der Waals surface area contributed by atoms with Crippen molar-refractivity contribution in [2.24, 2.45) is 5.92 Å². The molecule has 0 aromatic carbocycles. The molecule has 0 unspecified atom stereocenters. The highest BCUT2D eigenvalue weighted by Gasteiger charge is 2.22. The second-order valence-electron chi connectivity index (χ2n) is 4.16. The van der Waals surface area contributed by atoms with Crippen molar-refractivity contribution in [3.05, 3.63) is 12.0 Å². The van der Waals surface area contributed by atoms with Crippen molar-refractivity contribution in [1.82, 2.24) is 4.98 Å². The molecule has 5 heteroatoms. The van der Waals surface area contributed by atoms with E-state index in [1.165, 1.54) is 12.7 Å². The van der Waals surface area contributed by atoms with E-state index in [9.17, 15) is 4.79 Å². The zero-order valence-electron chi connectivity index (χ0n) is 9.35. The van der Waals surface area contributed by atoms with Crippen LogP contribution in [0.15, 0.2) is 10.7 Å². The topological polar surface area (TPSA) is 66.6 Å². The molecule has 1 saturated heterocycles. The minimum Gasteiger partial charge on any atom is -0.476 e. The van der Waals surface area contributed by atoms with Gasteiger partial charge in [-0.25, -0.2) is 4.79 Å². The van der Waals surface area contributed by atoms with Crippen molar-refractivity contribution in [1.29, 1.82) is 0 Å². The molecule has 0 amide bonds. The standard InChI is InChI=1S/C11H16N2O3/c1-2-8-3-5-13(6-4-8)11-12-9(7-16-11)10(14)15/h7-8H,2-6H2,1H3,(H,14,15). The van der Waals surface area contributed by atoms with E-state index in [2.05, 4.69) is 11.9 Å². The van der Waals surface area contributed by atoms with E-state index in [1.54, 1.807) is 0 Å². The molecule has 1 aliphatic heterocycles. The Morgan fingerprint density at radius 2 is 2.31 bits per heavy atom. The van der Waals surface area contributed by atoms with Gasteiger partial charge in [-0.05, 0) is 18.8 Å². The van der Waals surface area contributed by atoms with Crippen molar-refractivity contribution < 1.29 is 14.3 Å². The number of piperidine rings is 1. The summed E-state index contributed by atoms with van der Waals surface area (Å²) in [7, 11) is 0. The van der Waals surface area contributed by atoms with Gasteiger partial charge in [-0.1, -0.05) is 13.3 Å². The van der Waals surface area contributed by atoms with Crippen LogP contribution in [-0.4, -0.2) is 29.1 Å². The van der Waals surface area contributed by atoms with E-state index in [0.717, 1.165) is 31.8 Å². The lowest BCUT2D eigenvalue weighted by molar-refractivity contribution is 0.0690. The summed E-state index contributed by atoms with van der Waals surface area (Å²) in [6, 6.07) is 0.437. The van der Waals surface area contributed by atoms with Gasteiger partial charge in [0.25, 0.3) is 6.01 Å². The first-order chi connectivity index (χ1) is 7.70. The van der Waals surface area contributed by atoms with Gasteiger partial charge in [-0.15, -0.1) is 0 Å². The summed E-state index contributed by atoms with van der Waals surface area (Å²) < 4.78 is 5.17. The maximum atomic E-state index is 10.7. The normalized spacial score (nSPS) is 17.7. The smallest absolute Gasteiger partial charge is 0.357 e. The third-order valence-corrected chi connectivity index (χ3v) is 3.17. The summed E-state index contributed by atoms with van der Waals surface area (Å²) in [5, 5.41) is 8.74. The fraction of sp³-hybridized carbons (Fsp3) is 0.636. The fourth-order valence-corrected chi connectivity index (χ4v) is 2.04. The molecule has 0 radical (unpaired) electrons. The molecule has 1 aromatic rings. The van der Waals surface area contributed by atoms with Crippen LogP contribution in [0.2, 0.25) is 0 Å². The molecule has 0 saturated carbocycles. The Bertz CT molecular complexity index is 367. The van der Waals surface area contributed by atoms with E-state index >= 15 is 0 Å². The lowest BCUT2D eigenvalue weighted by Gasteiger charge is -2.30. The second-order valence-corrected chi connectivity index (χ2v) is 4.16. The molecule has 1 aliphatic rings. The van der Waals surface area contributed by atoms with E-state index in [4.69, 9.17) is 9.52 Å². The monoisotopic (exact) mass is 224 g/mol. The maximum absolute atomic E-state index is 10.7. The summed E-state index contributed by atoms with van der Waals surface area (Å²) >= 11 is 0. The number of carboxylic acid groups (broad SMARTS) is 1. The SMILES string of the molecule is CCC1CCN(c2nc(C(=O)O)co2)CC1. The summed E-state index contributed by atoms with van der Waals surface area (Å²) in [5.41, 5.74) is -0.0207. The lowest BCUT2D eigenvalue weighted by atomic mass is 9.95. The highest BCUT2D eigenvalue weighted by molar-refractivity contribution is 5.85. The van der Waals surface area contributed by atoms with E-state index in [1.807, 2.05) is 4.90 Å². The van der Waals surface area contributed by atoms with Crippen molar-refractivity contribution in [2.45, 2.75) is 26.2 Å². The number of rotatable bonds is 3. The molecule has 2 heterocycles. The summed E-state index contributed by atoms with van der Waals surface area (Å²) in [5.74, 6) is -0.261. The Hall–Kier alpha value is -1.52. The van der Waals surface area contributed by atoms with Crippen molar-refractivity contribution in [3.8, 4) is 0 Å². The Morgan fingerprint density at radius 3 is 2.81 bits per heavy atom. The molecular weight excluding hydrogens is 208 g/mol. The molecule has 0 aliphatic carbocycles. The number of aromatic nitrogens is 1. The van der Waals surface area contributed by atoms with E-state index in [-0.39, 0.29) is 5.69 Å². The first kappa shape index (κ1) is 11.0. The zero-order chi connectivity index (χ0) is 11.5. The number of nitrogens with zero attached hydrogens (tertiary/aromatic N) is 2. The van der Waals surface area contributed by atoms with Crippen LogP contribution < -0.4 is 4.90 Å². The zero-order valence-corrected chi connectivity index (χ0v) is 9.35. The van der Waals surface area contributed by atoms with Crippen LogP contribution >= 0.6 is 0 Å². The molecule has 0 bridgehead atoms. The van der Waals surface area contributed by atoms with Gasteiger partial charge in [0.2, 0.25) is 0 Å². The Morgan fingerprint density at radius 1 is 1.62 bits per heavy atom. The number of carboxylic acids is 1. The molecule has 1 N–H and O–H groups in total. The molecular formula is C11H16N2O3. The predicted octanol–water partition coefficient (Wildman–Crippen LogP) is 2.00. The number of hydrogen-bond donors (Lipinski definition) is 1. The Kier molecular flexibility index (Phi) is 3.12. The summed E-state index contributed by atoms with van der Waals surface area (Å²) in [6.45, 7) is 4.00. The van der Waals surface area contributed by atoms with Crippen LogP contribution in [0, 0.1) is 5.92 Å². The van der Waals surface area contributed by atoms with Crippen LogP contribution in [0.4, 0.5) is 6.01 Å². The van der Waals surface area contributed by atoms with Gasteiger partial charge < -0.3 is 14.4 Å². The predicted molar refractivity (Wildman–Crippen MR) is 58.7 cm³/mol. The number of aromatic carboxylic acids is 1. The largest absolute Gasteiger partial charge is 0.476 e. The van der Waals surface area contributed by atoms with Gasteiger partial charge in [-0.3, -0.25) is 0 Å². The van der Waals surface area contributed by atoms with Gasteiger partial charge in [0, 0.05) is 13.1 Å². The van der Waals surface area contributed by atoms with E-state index in [0.29, 0.717) is 6.01 Å². The fourth-order valence-electron chi connectivity index (χ4n) is 2.04. The van der Waals surface area contributed by atoms with Gasteiger partial charge in [0.15, 0.2) is 5.69 Å². The minimum atomic E-state index is -1.04. The Balaban J connectivity index is 2.00. The van der Waals surface area contributed by atoms with Gasteiger partial charge in [-0.2, -0.15) is 4.98 Å². The first-order valence-electron chi connectivity index (χ1n) is 5.64. The van der Waals surface area contributed by atoms with Crippen molar-refractivity contribution >= 4 is 12.0 Å². The highest BCUT2D eigenvalue weighted by Crippen LogP contribution is 2.24. The molecule has 1 aromatic heterocycles. The average molecular weight is 224 g/mol. The quantitative estimate of drug-likeness (QED) is 0.850. The molecule has 0 spiro atoms. The van der Waals surface area contributed by atoms with Gasteiger partial charge >= 0.3 is 5.97 Å². The van der Waals surface area contributed by atoms with Crippen molar-refractivity contribution in [3.63, 3.8) is 0 Å². The number of hydrogen-bond acceptors (Lipinski definition) is 4. The molecule has 5 nitrogen and oxygen atoms in total. The van der Waals surface area contributed by atoms with Crippen LogP contribution in [-0.2, 0) is 0 Å². The van der Waals surface area contributed by atoms with Crippen molar-refractivity contribution in [2.75, 3.05) is 18.0 Å². The number of carbonyl (C=O) groups is 1. The van der Waals surface area contributed by atoms with Gasteiger partial charge in [0.05, 0.1) is 0 Å². The molecule has 1 fully saturated rings. The minimum absolute atomic E-state index is 0.0207. The molecule has 2 rings (SSSR count). The highest BCUT2D eigenvalue weighted by atomic mass is 16.4. The van der Waals surface area contributed by atoms with E-state index < -0.39 is 5.97 Å². The summed E-state index contributed by atoms with van der Waals surface area (Å²) in [4.78, 5) is 16.6. The Labute approximate surface area is 94.1 Å². The number of anilines is 1.